The molecular weight excluding hydrogens is 176 g/mol. The molecule has 0 spiro atoms. The summed E-state index contributed by atoms with van der Waals surface area (Å²) in [5.41, 5.74) is 2.21. The van der Waals surface area contributed by atoms with Crippen molar-refractivity contribution in [2.24, 2.45) is 5.92 Å². The van der Waals surface area contributed by atoms with Crippen molar-refractivity contribution >= 4 is 5.69 Å². The van der Waals surface area contributed by atoms with Gasteiger partial charge in [0, 0.05) is 6.20 Å². The fourth-order valence-corrected chi connectivity index (χ4v) is 1.90. The van der Waals surface area contributed by atoms with Gasteiger partial charge in [-0.25, -0.2) is 4.98 Å². The first-order valence-corrected chi connectivity index (χ1v) is 5.20. The van der Waals surface area contributed by atoms with E-state index in [0.717, 1.165) is 24.0 Å². The lowest BCUT2D eigenvalue weighted by molar-refractivity contribution is 0.175. The third kappa shape index (κ3) is 1.33. The molecule has 1 unspecified atom stereocenters. The van der Waals surface area contributed by atoms with E-state index in [1.807, 2.05) is 13.1 Å². The zero-order valence-electron chi connectivity index (χ0n) is 8.29. The molecule has 1 aromatic rings. The van der Waals surface area contributed by atoms with Gasteiger partial charge in [0.05, 0.1) is 12.2 Å². The summed E-state index contributed by atoms with van der Waals surface area (Å²) in [5.74, 6) is 1.54. The molecule has 0 saturated heterocycles. The first-order chi connectivity index (χ1) is 6.83. The Morgan fingerprint density at radius 2 is 2.36 bits per heavy atom. The molecule has 0 aromatic carbocycles. The molecule has 14 heavy (non-hydrogen) atoms. The predicted molar refractivity (Wildman–Crippen MR) is 54.6 cm³/mol. The number of nitrogens with one attached hydrogen (secondary N) is 1. The normalized spacial score (nSPS) is 24.8. The van der Waals surface area contributed by atoms with Crippen LogP contribution in [0.25, 0.3) is 0 Å². The van der Waals surface area contributed by atoms with Gasteiger partial charge in [0.15, 0.2) is 0 Å². The Balaban J connectivity index is 1.86. The van der Waals surface area contributed by atoms with E-state index in [0.29, 0.717) is 6.10 Å². The number of hydrogen-bond acceptors (Lipinski definition) is 3. The summed E-state index contributed by atoms with van der Waals surface area (Å²) in [6.45, 7) is 2.98. The van der Waals surface area contributed by atoms with Gasteiger partial charge in [0.25, 0.3) is 0 Å². The Labute approximate surface area is 83.5 Å². The Kier molecular flexibility index (Phi) is 1.66. The highest BCUT2D eigenvalue weighted by atomic mass is 16.5. The highest BCUT2D eigenvalue weighted by Crippen LogP contribution is 2.38. The van der Waals surface area contributed by atoms with Crippen molar-refractivity contribution < 1.29 is 4.74 Å². The zero-order valence-corrected chi connectivity index (χ0v) is 8.29. The minimum Gasteiger partial charge on any atom is -0.471 e. The van der Waals surface area contributed by atoms with Crippen LogP contribution >= 0.6 is 0 Å². The number of anilines is 1. The van der Waals surface area contributed by atoms with E-state index in [-0.39, 0.29) is 0 Å². The van der Waals surface area contributed by atoms with Gasteiger partial charge in [-0.2, -0.15) is 0 Å². The summed E-state index contributed by atoms with van der Waals surface area (Å²) < 4.78 is 5.84. The predicted octanol–water partition coefficient (Wildman–Crippen LogP) is 1.97. The van der Waals surface area contributed by atoms with Gasteiger partial charge >= 0.3 is 0 Å². The molecule has 0 amide bonds. The van der Waals surface area contributed by atoms with Crippen LogP contribution in [0.3, 0.4) is 0 Å². The Hall–Kier alpha value is -1.25. The average molecular weight is 190 g/mol. The van der Waals surface area contributed by atoms with E-state index in [1.165, 1.54) is 18.4 Å². The van der Waals surface area contributed by atoms with Crippen molar-refractivity contribution in [1.29, 1.82) is 0 Å². The van der Waals surface area contributed by atoms with Gasteiger partial charge in [-0.15, -0.1) is 0 Å². The highest BCUT2D eigenvalue weighted by molar-refractivity contribution is 5.55. The number of pyridine rings is 1. The van der Waals surface area contributed by atoms with E-state index in [1.54, 1.807) is 0 Å². The van der Waals surface area contributed by atoms with Crippen LogP contribution in [0.4, 0.5) is 5.69 Å². The van der Waals surface area contributed by atoms with Crippen molar-refractivity contribution in [2.75, 3.05) is 11.9 Å². The smallest absolute Gasteiger partial charge is 0.237 e. The molecule has 1 N–H and O–H groups in total. The van der Waals surface area contributed by atoms with Crippen molar-refractivity contribution in [3.05, 3.63) is 17.8 Å². The molecule has 3 nitrogen and oxygen atoms in total. The second-order valence-corrected chi connectivity index (χ2v) is 4.24. The van der Waals surface area contributed by atoms with Crippen LogP contribution in [0.5, 0.6) is 5.88 Å². The number of fused-ring (bicyclic) bond motifs is 1. The van der Waals surface area contributed by atoms with Crippen molar-refractivity contribution in [2.45, 2.75) is 25.9 Å². The Morgan fingerprint density at radius 1 is 1.50 bits per heavy atom. The summed E-state index contributed by atoms with van der Waals surface area (Å²) in [6.07, 6.45) is 4.83. The third-order valence-electron chi connectivity index (χ3n) is 2.89. The molecule has 3 heteroatoms. The molecule has 1 aliphatic heterocycles. The molecule has 3 rings (SSSR count). The molecule has 74 valence electrons. The maximum absolute atomic E-state index is 5.84. The molecule has 1 fully saturated rings. The maximum Gasteiger partial charge on any atom is 0.237 e. The lowest BCUT2D eigenvalue weighted by Gasteiger charge is -2.26. The highest BCUT2D eigenvalue weighted by Gasteiger charge is 2.35. The van der Waals surface area contributed by atoms with Gasteiger partial charge in [0.2, 0.25) is 5.88 Å². The number of aryl methyl sites for hydroxylation is 1. The number of nitrogens with zero attached hydrogens (tertiary/aromatic N) is 1. The van der Waals surface area contributed by atoms with Crippen LogP contribution in [0.15, 0.2) is 12.3 Å². The van der Waals surface area contributed by atoms with Crippen molar-refractivity contribution in [3.63, 3.8) is 0 Å². The number of hydrogen-bond donors (Lipinski definition) is 1. The first-order valence-electron chi connectivity index (χ1n) is 5.20. The van der Waals surface area contributed by atoms with Gasteiger partial charge in [-0.1, -0.05) is 0 Å². The maximum atomic E-state index is 5.84. The van der Waals surface area contributed by atoms with Crippen molar-refractivity contribution in [3.8, 4) is 5.88 Å². The van der Waals surface area contributed by atoms with Crippen LogP contribution in [0.2, 0.25) is 0 Å². The topological polar surface area (TPSA) is 34.2 Å². The lowest BCUT2D eigenvalue weighted by Crippen LogP contribution is -2.32. The summed E-state index contributed by atoms with van der Waals surface area (Å²) >= 11 is 0. The molecule has 1 aliphatic carbocycles. The molecule has 2 heterocycles. The lowest BCUT2D eigenvalue weighted by atomic mass is 10.2. The van der Waals surface area contributed by atoms with Gasteiger partial charge in [0.1, 0.15) is 6.10 Å². The Morgan fingerprint density at radius 3 is 3.14 bits per heavy atom. The fourth-order valence-electron chi connectivity index (χ4n) is 1.90. The minimum atomic E-state index is 0.345. The monoisotopic (exact) mass is 190 g/mol. The van der Waals surface area contributed by atoms with E-state index < -0.39 is 0 Å². The first kappa shape index (κ1) is 8.09. The molecule has 1 saturated carbocycles. The molecule has 0 radical (unpaired) electrons. The standard InChI is InChI=1S/C11H14N2O/c1-7-4-9-11(13-5-7)14-10(6-12-9)8-2-3-8/h4-5,8,10,12H,2-3,6H2,1H3. The molecule has 1 aromatic heterocycles. The summed E-state index contributed by atoms with van der Waals surface area (Å²) in [4.78, 5) is 4.29. The zero-order chi connectivity index (χ0) is 9.54. The van der Waals surface area contributed by atoms with E-state index in [9.17, 15) is 0 Å². The largest absolute Gasteiger partial charge is 0.471 e. The second-order valence-electron chi connectivity index (χ2n) is 4.24. The van der Waals surface area contributed by atoms with E-state index in [4.69, 9.17) is 4.74 Å². The molecule has 2 aliphatic rings. The van der Waals surface area contributed by atoms with Crippen LogP contribution in [0, 0.1) is 12.8 Å². The second kappa shape index (κ2) is 2.87. The minimum absolute atomic E-state index is 0.345. The molecular formula is C11H14N2O. The average Bonchev–Trinajstić information content (AvgIpc) is 3.00. The molecule has 0 bridgehead atoms. The summed E-state index contributed by atoms with van der Waals surface area (Å²) in [5, 5.41) is 3.39. The summed E-state index contributed by atoms with van der Waals surface area (Å²) in [7, 11) is 0. The van der Waals surface area contributed by atoms with Crippen LogP contribution in [0.1, 0.15) is 18.4 Å². The molecule has 1 atom stereocenters. The SMILES string of the molecule is Cc1cnc2c(c1)NCC(C1CC1)O2. The van der Waals surface area contributed by atoms with Crippen molar-refractivity contribution in [1.82, 2.24) is 4.98 Å². The van der Waals surface area contributed by atoms with Gasteiger partial charge < -0.3 is 10.1 Å². The van der Waals surface area contributed by atoms with E-state index >= 15 is 0 Å². The van der Waals surface area contributed by atoms with E-state index in [2.05, 4.69) is 16.4 Å². The van der Waals surface area contributed by atoms with Gasteiger partial charge in [-0.3, -0.25) is 0 Å². The van der Waals surface area contributed by atoms with Crippen LogP contribution < -0.4 is 10.1 Å². The number of rotatable bonds is 1. The summed E-state index contributed by atoms with van der Waals surface area (Å²) in [6, 6.07) is 2.09. The van der Waals surface area contributed by atoms with Crippen LogP contribution in [-0.4, -0.2) is 17.6 Å². The quantitative estimate of drug-likeness (QED) is 0.735. The Bertz CT molecular complexity index is 360. The number of aromatic nitrogens is 1. The fraction of sp³-hybridized carbons (Fsp3) is 0.545. The number of ether oxygens (including phenoxy) is 1. The van der Waals surface area contributed by atoms with Gasteiger partial charge in [-0.05, 0) is 37.3 Å². The van der Waals surface area contributed by atoms with Crippen LogP contribution in [-0.2, 0) is 0 Å². The third-order valence-corrected chi connectivity index (χ3v) is 2.89.